The van der Waals surface area contributed by atoms with Gasteiger partial charge in [0.15, 0.2) is 15.5 Å². The van der Waals surface area contributed by atoms with Gasteiger partial charge in [-0.05, 0) is 30.3 Å². The Morgan fingerprint density at radius 2 is 1.45 bits per heavy atom. The summed E-state index contributed by atoms with van der Waals surface area (Å²) in [5.41, 5.74) is -3.55. The zero-order valence-corrected chi connectivity index (χ0v) is 15.0. The summed E-state index contributed by atoms with van der Waals surface area (Å²) in [6.07, 6.45) is -4.39. The lowest BCUT2D eigenvalue weighted by Crippen LogP contribution is -2.08. The summed E-state index contributed by atoms with van der Waals surface area (Å²) in [6.45, 7) is 0. The molecule has 0 fully saturated rings. The Labute approximate surface area is 159 Å². The van der Waals surface area contributed by atoms with Gasteiger partial charge in [0.2, 0.25) is 0 Å². The molecule has 0 aliphatic rings. The van der Waals surface area contributed by atoms with Crippen LogP contribution in [0.2, 0.25) is 0 Å². The minimum Gasteiger partial charge on any atom is -0.232 e. The van der Waals surface area contributed by atoms with E-state index in [0.29, 0.717) is 47.3 Å². The summed E-state index contributed by atoms with van der Waals surface area (Å²) in [7, 11) is -4.16. The van der Waals surface area contributed by atoms with Crippen molar-refractivity contribution in [2.75, 3.05) is 6.26 Å². The van der Waals surface area contributed by atoms with Crippen LogP contribution in [-0.2, 0) is 16.0 Å². The highest BCUT2D eigenvalue weighted by Gasteiger charge is 2.36. The Kier molecular flexibility index (Phi) is 4.93. The number of halogens is 7. The van der Waals surface area contributed by atoms with Gasteiger partial charge >= 0.3 is 6.18 Å². The summed E-state index contributed by atoms with van der Waals surface area (Å²) in [6, 6.07) is 2.75. The number of aromatic nitrogens is 2. The molecule has 0 unspecified atom stereocenters. The molecule has 0 N–H and O–H groups in total. The average molecular weight is 438 g/mol. The molecule has 0 amide bonds. The zero-order chi connectivity index (χ0) is 21.7. The van der Waals surface area contributed by atoms with E-state index in [-0.39, 0.29) is 0 Å². The maximum Gasteiger partial charge on any atom is 0.435 e. The quantitative estimate of drug-likeness (QED) is 0.566. The van der Waals surface area contributed by atoms with Gasteiger partial charge in [-0.1, -0.05) is 0 Å². The zero-order valence-electron chi connectivity index (χ0n) is 14.2. The molecule has 3 aromatic rings. The molecular weight excluding hydrogens is 429 g/mol. The Morgan fingerprint density at radius 3 is 1.97 bits per heavy atom. The van der Waals surface area contributed by atoms with Crippen LogP contribution < -0.4 is 0 Å². The highest BCUT2D eigenvalue weighted by molar-refractivity contribution is 7.90. The van der Waals surface area contributed by atoms with Gasteiger partial charge < -0.3 is 0 Å². The third-order valence-electron chi connectivity index (χ3n) is 3.79. The first-order valence-electron chi connectivity index (χ1n) is 7.60. The lowest BCUT2D eigenvalue weighted by atomic mass is 10.1. The summed E-state index contributed by atoms with van der Waals surface area (Å²) < 4.78 is 118. The third-order valence-corrected chi connectivity index (χ3v) is 4.90. The molecule has 0 bridgehead atoms. The number of benzene rings is 2. The second-order valence-electron chi connectivity index (χ2n) is 5.99. The van der Waals surface area contributed by atoms with Crippen molar-refractivity contribution in [3.05, 3.63) is 65.4 Å². The van der Waals surface area contributed by atoms with Gasteiger partial charge in [0.25, 0.3) is 0 Å². The summed E-state index contributed by atoms with van der Waals surface area (Å²) in [4.78, 5) is -1.00. The van der Waals surface area contributed by atoms with E-state index >= 15 is 0 Å². The largest absolute Gasteiger partial charge is 0.435 e. The summed E-state index contributed by atoms with van der Waals surface area (Å²) in [5.74, 6) is -5.09. The average Bonchev–Trinajstić information content (AvgIpc) is 3.00. The van der Waals surface area contributed by atoms with E-state index in [0.717, 1.165) is 0 Å². The van der Waals surface area contributed by atoms with E-state index < -0.39 is 66.8 Å². The van der Waals surface area contributed by atoms with Crippen LogP contribution in [0.25, 0.3) is 16.9 Å². The summed E-state index contributed by atoms with van der Waals surface area (Å²) >= 11 is 0. The molecule has 0 saturated heterocycles. The highest BCUT2D eigenvalue weighted by atomic mass is 32.2. The van der Waals surface area contributed by atoms with Crippen molar-refractivity contribution in [1.82, 2.24) is 9.78 Å². The molecule has 0 radical (unpaired) electrons. The molecule has 12 heteroatoms. The summed E-state index contributed by atoms with van der Waals surface area (Å²) in [5, 5.41) is 3.20. The van der Waals surface area contributed by atoms with Gasteiger partial charge in [0.05, 0.1) is 11.4 Å². The van der Waals surface area contributed by atoms with Crippen LogP contribution in [0.5, 0.6) is 0 Å². The fourth-order valence-corrected chi connectivity index (χ4v) is 3.31. The van der Waals surface area contributed by atoms with Gasteiger partial charge in [0, 0.05) is 17.9 Å². The topological polar surface area (TPSA) is 52.0 Å². The van der Waals surface area contributed by atoms with Crippen molar-refractivity contribution < 1.29 is 39.2 Å². The molecule has 1 aromatic heterocycles. The molecule has 29 heavy (non-hydrogen) atoms. The van der Waals surface area contributed by atoms with Crippen molar-refractivity contribution in [2.45, 2.75) is 11.1 Å². The van der Waals surface area contributed by atoms with Crippen LogP contribution in [0.1, 0.15) is 5.69 Å². The number of sulfone groups is 1. The maximum atomic E-state index is 14.5. The van der Waals surface area contributed by atoms with Crippen molar-refractivity contribution in [3.8, 4) is 16.9 Å². The van der Waals surface area contributed by atoms with Gasteiger partial charge in [-0.15, -0.1) is 0 Å². The minimum absolute atomic E-state index is 0.302. The number of alkyl halides is 3. The highest BCUT2D eigenvalue weighted by Crippen LogP contribution is 2.35. The van der Waals surface area contributed by atoms with Gasteiger partial charge in [-0.3, -0.25) is 0 Å². The maximum absolute atomic E-state index is 14.5. The molecule has 4 nitrogen and oxygen atoms in total. The standard InChI is InChI=1S/C17H9F7N2O2S/c1-29(27,28)15-6-12(20)11(5-13(15)21)14-7-16(17(22,23)24)25-26(14)10-3-8(18)2-9(19)4-10/h2-7H,1H3. The Hall–Kier alpha value is -2.89. The van der Waals surface area contributed by atoms with Gasteiger partial charge in [-0.25, -0.2) is 30.7 Å². The monoisotopic (exact) mass is 438 g/mol. The minimum atomic E-state index is -5.01. The van der Waals surface area contributed by atoms with Gasteiger partial charge in [-0.2, -0.15) is 18.3 Å². The van der Waals surface area contributed by atoms with E-state index in [1.54, 1.807) is 0 Å². The van der Waals surface area contributed by atoms with E-state index in [2.05, 4.69) is 5.10 Å². The van der Waals surface area contributed by atoms with Crippen LogP contribution in [0, 0.1) is 23.3 Å². The predicted molar refractivity (Wildman–Crippen MR) is 86.9 cm³/mol. The molecule has 3 rings (SSSR count). The second-order valence-corrected chi connectivity index (χ2v) is 7.97. The number of hydrogen-bond acceptors (Lipinski definition) is 3. The normalized spacial score (nSPS) is 12.4. The first-order chi connectivity index (χ1) is 13.3. The van der Waals surface area contributed by atoms with E-state index in [1.165, 1.54) is 0 Å². The van der Waals surface area contributed by atoms with Crippen LogP contribution in [0.3, 0.4) is 0 Å². The number of hydrogen-bond donors (Lipinski definition) is 0. The third kappa shape index (κ3) is 4.11. The molecule has 0 spiro atoms. The second kappa shape index (κ2) is 6.87. The van der Waals surface area contributed by atoms with E-state index in [9.17, 15) is 39.2 Å². The van der Waals surface area contributed by atoms with Crippen molar-refractivity contribution in [2.24, 2.45) is 0 Å². The smallest absolute Gasteiger partial charge is 0.232 e. The SMILES string of the molecule is CS(=O)(=O)c1cc(F)c(-c2cc(C(F)(F)F)nn2-c2cc(F)cc(F)c2)cc1F. The fourth-order valence-electron chi connectivity index (χ4n) is 2.58. The Bertz CT molecular complexity index is 1200. The number of nitrogens with zero attached hydrogens (tertiary/aromatic N) is 2. The molecule has 0 saturated carbocycles. The lowest BCUT2D eigenvalue weighted by molar-refractivity contribution is -0.141. The van der Waals surface area contributed by atoms with Crippen molar-refractivity contribution in [3.63, 3.8) is 0 Å². The number of rotatable bonds is 3. The van der Waals surface area contributed by atoms with Crippen LogP contribution in [0.15, 0.2) is 41.3 Å². The molecule has 0 atom stereocenters. The molecular formula is C17H9F7N2O2S. The lowest BCUT2D eigenvalue weighted by Gasteiger charge is -2.10. The first-order valence-corrected chi connectivity index (χ1v) is 9.49. The molecule has 0 aliphatic heterocycles. The van der Waals surface area contributed by atoms with Crippen molar-refractivity contribution in [1.29, 1.82) is 0 Å². The predicted octanol–water partition coefficient (Wildman–Crippen LogP) is 4.52. The first kappa shape index (κ1) is 20.8. The molecule has 0 aliphatic carbocycles. The van der Waals surface area contributed by atoms with Crippen LogP contribution in [-0.4, -0.2) is 24.5 Å². The Morgan fingerprint density at radius 1 is 0.862 bits per heavy atom. The van der Waals surface area contributed by atoms with Crippen LogP contribution >= 0.6 is 0 Å². The molecule has 154 valence electrons. The van der Waals surface area contributed by atoms with E-state index in [1.807, 2.05) is 0 Å². The fraction of sp³-hybridized carbons (Fsp3) is 0.118. The molecule has 1 heterocycles. The molecule has 2 aromatic carbocycles. The van der Waals surface area contributed by atoms with E-state index in [4.69, 9.17) is 0 Å². The van der Waals surface area contributed by atoms with Crippen LogP contribution in [0.4, 0.5) is 30.7 Å². The Balaban J connectivity index is 2.32. The van der Waals surface area contributed by atoms with Gasteiger partial charge in [0.1, 0.15) is 28.2 Å². The van der Waals surface area contributed by atoms with Crippen molar-refractivity contribution >= 4 is 9.84 Å².